The lowest BCUT2D eigenvalue weighted by Crippen LogP contribution is -2.45. The molecule has 0 aliphatic rings. The molecule has 6 nitrogen and oxygen atoms in total. The Labute approximate surface area is 144 Å². The molecule has 0 aliphatic heterocycles. The van der Waals surface area contributed by atoms with Gasteiger partial charge in [-0.1, -0.05) is 26.0 Å². The second kappa shape index (κ2) is 9.29. The Balaban J connectivity index is 2.46. The van der Waals surface area contributed by atoms with E-state index in [2.05, 4.69) is 31.3 Å². The summed E-state index contributed by atoms with van der Waals surface area (Å²) in [6.45, 7) is 3.81. The van der Waals surface area contributed by atoms with E-state index < -0.39 is 12.0 Å². The maximum atomic E-state index is 12.0. The molecule has 0 unspecified atom stereocenters. The third-order valence-electron chi connectivity index (χ3n) is 3.19. The first-order valence-corrected chi connectivity index (χ1v) is 8.06. The molecule has 1 aromatic carbocycles. The Kier molecular flexibility index (Phi) is 7.74. The van der Waals surface area contributed by atoms with Crippen LogP contribution in [0.3, 0.4) is 0 Å². The highest BCUT2D eigenvalue weighted by molar-refractivity contribution is 9.10. The Morgan fingerprint density at radius 3 is 2.43 bits per heavy atom. The van der Waals surface area contributed by atoms with Crippen molar-refractivity contribution in [2.75, 3.05) is 13.7 Å². The van der Waals surface area contributed by atoms with E-state index in [1.54, 1.807) is 18.2 Å². The van der Waals surface area contributed by atoms with Gasteiger partial charge in [0, 0.05) is 17.4 Å². The van der Waals surface area contributed by atoms with Gasteiger partial charge >= 0.3 is 5.97 Å². The minimum absolute atomic E-state index is 0.0798. The van der Waals surface area contributed by atoms with Crippen LogP contribution >= 0.6 is 15.9 Å². The number of hydrogen-bond donors (Lipinski definition) is 2. The number of rotatable bonds is 7. The molecule has 1 rings (SSSR count). The Morgan fingerprint density at radius 2 is 1.87 bits per heavy atom. The van der Waals surface area contributed by atoms with E-state index in [1.165, 1.54) is 7.11 Å². The molecule has 0 saturated heterocycles. The van der Waals surface area contributed by atoms with Gasteiger partial charge in [-0.2, -0.15) is 0 Å². The van der Waals surface area contributed by atoms with Crippen LogP contribution in [0.1, 0.15) is 30.6 Å². The number of benzene rings is 1. The molecule has 0 radical (unpaired) electrons. The number of carbonyl (C=O) groups is 3. The van der Waals surface area contributed by atoms with Gasteiger partial charge in [0.1, 0.15) is 6.04 Å². The topological polar surface area (TPSA) is 84.5 Å². The van der Waals surface area contributed by atoms with Crippen molar-refractivity contribution in [2.45, 2.75) is 26.3 Å². The molecule has 7 heteroatoms. The number of methoxy groups -OCH3 is 1. The van der Waals surface area contributed by atoms with Gasteiger partial charge < -0.3 is 15.4 Å². The van der Waals surface area contributed by atoms with Gasteiger partial charge in [-0.25, -0.2) is 4.79 Å². The summed E-state index contributed by atoms with van der Waals surface area (Å²) < 4.78 is 5.35. The summed E-state index contributed by atoms with van der Waals surface area (Å²) in [6.07, 6.45) is 0.0798. The number of esters is 1. The summed E-state index contributed by atoms with van der Waals surface area (Å²) >= 11 is 3.30. The average Bonchev–Trinajstić information content (AvgIpc) is 2.51. The highest BCUT2D eigenvalue weighted by Crippen LogP contribution is 2.15. The molecule has 1 atom stereocenters. The minimum atomic E-state index is -0.688. The summed E-state index contributed by atoms with van der Waals surface area (Å²) in [4.78, 5) is 35.5. The third-order valence-corrected chi connectivity index (χ3v) is 3.89. The predicted molar refractivity (Wildman–Crippen MR) is 89.9 cm³/mol. The molecule has 0 fully saturated rings. The lowest BCUT2D eigenvalue weighted by molar-refractivity contribution is -0.146. The van der Waals surface area contributed by atoms with Crippen LogP contribution in [-0.4, -0.2) is 37.5 Å². The molecule has 0 bridgehead atoms. The number of amides is 2. The normalized spacial score (nSPS) is 11.7. The molecule has 0 aliphatic carbocycles. The maximum absolute atomic E-state index is 12.0. The molecule has 0 saturated carbocycles. The molecule has 23 heavy (non-hydrogen) atoms. The van der Waals surface area contributed by atoms with Crippen LogP contribution < -0.4 is 10.6 Å². The summed E-state index contributed by atoms with van der Waals surface area (Å²) in [5.41, 5.74) is 0.502. The first-order valence-electron chi connectivity index (χ1n) is 7.26. The van der Waals surface area contributed by atoms with Gasteiger partial charge in [0.05, 0.1) is 12.7 Å². The second-order valence-electron chi connectivity index (χ2n) is 5.30. The Hall–Kier alpha value is -1.89. The van der Waals surface area contributed by atoms with Gasteiger partial charge in [-0.05, 0) is 34.0 Å². The SMILES string of the molecule is COC(=O)[C@@H](NC(=O)CCNC(=O)c1ccccc1Br)C(C)C. The summed E-state index contributed by atoms with van der Waals surface area (Å²) in [7, 11) is 1.28. The van der Waals surface area contributed by atoms with Crippen molar-refractivity contribution in [1.29, 1.82) is 0 Å². The molecule has 2 amide bonds. The third kappa shape index (κ3) is 6.02. The van der Waals surface area contributed by atoms with E-state index in [1.807, 2.05) is 19.9 Å². The van der Waals surface area contributed by atoms with Crippen LogP contribution in [0.2, 0.25) is 0 Å². The zero-order chi connectivity index (χ0) is 17.4. The van der Waals surface area contributed by atoms with E-state index in [4.69, 9.17) is 0 Å². The van der Waals surface area contributed by atoms with Crippen LogP contribution in [0.4, 0.5) is 0 Å². The van der Waals surface area contributed by atoms with Crippen LogP contribution in [0, 0.1) is 5.92 Å². The molecule has 2 N–H and O–H groups in total. The van der Waals surface area contributed by atoms with Gasteiger partial charge in [-0.15, -0.1) is 0 Å². The van der Waals surface area contributed by atoms with Crippen molar-refractivity contribution < 1.29 is 19.1 Å². The fourth-order valence-corrected chi connectivity index (χ4v) is 2.37. The fourth-order valence-electron chi connectivity index (χ4n) is 1.90. The van der Waals surface area contributed by atoms with Crippen molar-refractivity contribution in [1.82, 2.24) is 10.6 Å². The second-order valence-corrected chi connectivity index (χ2v) is 6.15. The van der Waals surface area contributed by atoms with Crippen LogP contribution in [-0.2, 0) is 14.3 Å². The zero-order valence-corrected chi connectivity index (χ0v) is 15.0. The first-order chi connectivity index (χ1) is 10.9. The number of hydrogen-bond acceptors (Lipinski definition) is 4. The molecular weight excluding hydrogens is 364 g/mol. The van der Waals surface area contributed by atoms with Gasteiger partial charge in [0.15, 0.2) is 0 Å². The summed E-state index contributed by atoms with van der Waals surface area (Å²) in [5.74, 6) is -1.15. The molecule has 0 heterocycles. The van der Waals surface area contributed by atoms with Crippen LogP contribution in [0.25, 0.3) is 0 Å². The summed E-state index contributed by atoms with van der Waals surface area (Å²) in [5, 5.41) is 5.29. The fraction of sp³-hybridized carbons (Fsp3) is 0.438. The summed E-state index contributed by atoms with van der Waals surface area (Å²) in [6, 6.07) is 6.34. The van der Waals surface area contributed by atoms with E-state index in [0.29, 0.717) is 10.0 Å². The number of ether oxygens (including phenoxy) is 1. The number of halogens is 1. The van der Waals surface area contributed by atoms with E-state index in [9.17, 15) is 14.4 Å². The minimum Gasteiger partial charge on any atom is -0.467 e. The Morgan fingerprint density at radius 1 is 1.22 bits per heavy atom. The standard InChI is InChI=1S/C16H21BrN2O4/c1-10(2)14(16(22)23-3)19-13(20)8-9-18-15(21)11-6-4-5-7-12(11)17/h4-7,10,14H,8-9H2,1-3H3,(H,18,21)(H,19,20)/t14-/m0/s1. The molecule has 0 aromatic heterocycles. The quantitative estimate of drug-likeness (QED) is 0.702. The van der Waals surface area contributed by atoms with E-state index >= 15 is 0 Å². The number of carbonyl (C=O) groups excluding carboxylic acids is 3. The first kappa shape index (κ1) is 19.2. The monoisotopic (exact) mass is 384 g/mol. The largest absolute Gasteiger partial charge is 0.467 e. The van der Waals surface area contributed by atoms with Gasteiger partial charge in [-0.3, -0.25) is 9.59 Å². The highest BCUT2D eigenvalue weighted by atomic mass is 79.9. The van der Waals surface area contributed by atoms with Crippen molar-refractivity contribution in [3.63, 3.8) is 0 Å². The maximum Gasteiger partial charge on any atom is 0.328 e. The van der Waals surface area contributed by atoms with Crippen molar-refractivity contribution in [3.05, 3.63) is 34.3 Å². The van der Waals surface area contributed by atoms with Crippen LogP contribution in [0.15, 0.2) is 28.7 Å². The van der Waals surface area contributed by atoms with Crippen molar-refractivity contribution in [3.8, 4) is 0 Å². The lowest BCUT2D eigenvalue weighted by atomic mass is 10.0. The molecular formula is C16H21BrN2O4. The van der Waals surface area contributed by atoms with Gasteiger partial charge in [0.25, 0.3) is 5.91 Å². The van der Waals surface area contributed by atoms with E-state index in [0.717, 1.165) is 0 Å². The average molecular weight is 385 g/mol. The molecule has 0 spiro atoms. The van der Waals surface area contributed by atoms with Crippen molar-refractivity contribution >= 4 is 33.7 Å². The molecule has 126 valence electrons. The predicted octanol–water partition coefficient (Wildman–Crippen LogP) is 1.88. The lowest BCUT2D eigenvalue weighted by Gasteiger charge is -2.19. The Bertz CT molecular complexity index is 575. The highest BCUT2D eigenvalue weighted by Gasteiger charge is 2.24. The van der Waals surface area contributed by atoms with Gasteiger partial charge in [0.2, 0.25) is 5.91 Å². The van der Waals surface area contributed by atoms with Crippen molar-refractivity contribution in [2.24, 2.45) is 5.92 Å². The number of nitrogens with one attached hydrogen (secondary N) is 2. The smallest absolute Gasteiger partial charge is 0.328 e. The zero-order valence-electron chi connectivity index (χ0n) is 13.4. The van der Waals surface area contributed by atoms with E-state index in [-0.39, 0.29) is 30.7 Å². The van der Waals surface area contributed by atoms with Crippen LogP contribution in [0.5, 0.6) is 0 Å². The molecule has 1 aromatic rings.